The fourth-order valence-corrected chi connectivity index (χ4v) is 4.61. The van der Waals surface area contributed by atoms with Gasteiger partial charge < -0.3 is 4.48 Å². The molecule has 2 heterocycles. The first-order valence-electron chi connectivity index (χ1n) is 6.88. The summed E-state index contributed by atoms with van der Waals surface area (Å²) >= 11 is 0. The molecule has 6 nitrogen and oxygen atoms in total. The second kappa shape index (κ2) is 6.96. The summed E-state index contributed by atoms with van der Waals surface area (Å²) in [5.41, 5.74) is -12.3. The Bertz CT molecular complexity index is 570. The zero-order valence-electron chi connectivity index (χ0n) is 12.3. The van der Waals surface area contributed by atoms with E-state index in [1.54, 1.807) is 0 Å². The van der Waals surface area contributed by atoms with Gasteiger partial charge in [0.05, 0.1) is 26.2 Å². The van der Waals surface area contributed by atoms with E-state index in [9.17, 15) is 43.2 Å². The van der Waals surface area contributed by atoms with Gasteiger partial charge in [0.15, 0.2) is 0 Å². The van der Waals surface area contributed by atoms with Crippen LogP contribution in [-0.4, -0.2) is 58.5 Å². The average Bonchev–Trinajstić information content (AvgIpc) is 2.99. The molecule has 14 heteroatoms. The van der Waals surface area contributed by atoms with Crippen molar-refractivity contribution in [3.05, 3.63) is 0 Å². The molecular formula is C10H17F6N2O4S2+. The number of halogens is 6. The third-order valence-corrected chi connectivity index (χ3v) is 6.83. The van der Waals surface area contributed by atoms with Crippen molar-refractivity contribution < 1.29 is 47.7 Å². The second-order valence-electron chi connectivity index (χ2n) is 5.63. The summed E-state index contributed by atoms with van der Waals surface area (Å²) in [5, 5.41) is 0. The molecule has 0 atom stereocenters. The van der Waals surface area contributed by atoms with Crippen molar-refractivity contribution in [1.82, 2.24) is 4.13 Å². The molecule has 2 aliphatic heterocycles. The van der Waals surface area contributed by atoms with Gasteiger partial charge in [-0.05, 0) is 0 Å². The fraction of sp³-hybridized carbons (Fsp3) is 1.00. The molecule has 0 unspecified atom stereocenters. The van der Waals surface area contributed by atoms with Gasteiger partial charge >= 0.3 is 31.1 Å². The maximum Gasteiger partial charge on any atom is 0.512 e. The molecule has 0 aromatic heterocycles. The molecule has 24 heavy (non-hydrogen) atoms. The standard InChI is InChI=1S/C8H16N.C2HF6NO4S2/c1-2-6-9(5-1)7-3-4-8-9;3-1(4,5)14(10,11)9-15(12,13)2(6,7)8/h1-8H2;9H/q+1;. The van der Waals surface area contributed by atoms with Gasteiger partial charge in [0, 0.05) is 25.7 Å². The predicted molar refractivity (Wildman–Crippen MR) is 71.3 cm³/mol. The van der Waals surface area contributed by atoms with Crippen molar-refractivity contribution in [2.75, 3.05) is 26.2 Å². The van der Waals surface area contributed by atoms with E-state index in [0.717, 1.165) is 0 Å². The molecule has 144 valence electrons. The molecule has 0 aromatic carbocycles. The quantitative estimate of drug-likeness (QED) is 0.558. The van der Waals surface area contributed by atoms with Crippen LogP contribution in [-0.2, 0) is 20.0 Å². The first-order chi connectivity index (χ1) is 10.6. The predicted octanol–water partition coefficient (Wildman–Crippen LogP) is 1.67. The molecule has 2 rings (SSSR count). The SMILES string of the molecule is C1CC[N+]2(C1)CCCC2.O=S(=O)(NS(=O)(=O)C(F)(F)F)C(F)(F)F. The lowest BCUT2D eigenvalue weighted by Crippen LogP contribution is -2.45. The lowest BCUT2D eigenvalue weighted by molar-refractivity contribution is -0.904. The highest BCUT2D eigenvalue weighted by atomic mass is 32.3. The average molecular weight is 407 g/mol. The normalized spacial score (nSPS) is 21.6. The van der Waals surface area contributed by atoms with Gasteiger partial charge in [-0.25, -0.2) is 16.8 Å². The number of hydrogen-bond acceptors (Lipinski definition) is 4. The molecule has 2 fully saturated rings. The van der Waals surface area contributed by atoms with Crippen LogP contribution in [0, 0.1) is 0 Å². The number of nitrogens with one attached hydrogen (secondary N) is 1. The topological polar surface area (TPSA) is 80.3 Å². The van der Waals surface area contributed by atoms with E-state index in [2.05, 4.69) is 0 Å². The van der Waals surface area contributed by atoms with E-state index in [-0.39, 0.29) is 0 Å². The first kappa shape index (κ1) is 21.4. The largest absolute Gasteiger partial charge is 0.512 e. The summed E-state index contributed by atoms with van der Waals surface area (Å²) in [5.74, 6) is 0. The van der Waals surface area contributed by atoms with Crippen LogP contribution in [0.25, 0.3) is 0 Å². The minimum atomic E-state index is -6.60. The van der Waals surface area contributed by atoms with Crippen LogP contribution in [0.5, 0.6) is 0 Å². The lowest BCUT2D eigenvalue weighted by atomic mass is 10.4. The van der Waals surface area contributed by atoms with Gasteiger partial charge in [0.2, 0.25) is 0 Å². The molecule has 0 bridgehead atoms. The van der Waals surface area contributed by atoms with Crippen LogP contribution < -0.4 is 4.13 Å². The van der Waals surface area contributed by atoms with E-state index in [0.29, 0.717) is 0 Å². The van der Waals surface area contributed by atoms with Gasteiger partial charge in [-0.2, -0.15) is 26.3 Å². The minimum Gasteiger partial charge on any atom is -0.324 e. The molecule has 0 aliphatic carbocycles. The highest BCUT2D eigenvalue weighted by Crippen LogP contribution is 2.27. The lowest BCUT2D eigenvalue weighted by Gasteiger charge is -2.27. The monoisotopic (exact) mass is 407 g/mol. The summed E-state index contributed by atoms with van der Waals surface area (Å²) in [6, 6.07) is 0. The number of quaternary nitrogens is 1. The molecular weight excluding hydrogens is 390 g/mol. The summed E-state index contributed by atoms with van der Waals surface area (Å²) < 4.78 is 110. The fourth-order valence-electron chi connectivity index (χ4n) is 2.70. The zero-order chi connectivity index (χ0) is 18.9. The van der Waals surface area contributed by atoms with Crippen molar-refractivity contribution in [2.45, 2.75) is 36.7 Å². The Morgan fingerprint density at radius 1 is 0.625 bits per heavy atom. The van der Waals surface area contributed by atoms with E-state index in [4.69, 9.17) is 0 Å². The van der Waals surface area contributed by atoms with Crippen molar-refractivity contribution in [3.8, 4) is 0 Å². The maximum atomic E-state index is 11.5. The molecule has 2 saturated heterocycles. The van der Waals surface area contributed by atoms with Crippen LogP contribution in [0.15, 0.2) is 0 Å². The van der Waals surface area contributed by atoms with E-state index in [1.165, 1.54) is 56.3 Å². The Balaban J connectivity index is 0.000000267. The Kier molecular flexibility index (Phi) is 6.22. The minimum absolute atomic E-state index is 0.493. The third-order valence-electron chi connectivity index (χ3n) is 3.86. The van der Waals surface area contributed by atoms with Crippen molar-refractivity contribution in [2.24, 2.45) is 0 Å². The van der Waals surface area contributed by atoms with Crippen molar-refractivity contribution >= 4 is 20.0 Å². The smallest absolute Gasteiger partial charge is 0.324 e. The molecule has 1 spiro atoms. The molecule has 0 amide bonds. The van der Waals surface area contributed by atoms with Crippen molar-refractivity contribution in [1.29, 1.82) is 0 Å². The van der Waals surface area contributed by atoms with Gasteiger partial charge in [0.25, 0.3) is 0 Å². The maximum absolute atomic E-state index is 11.5. The molecule has 2 aliphatic rings. The third kappa shape index (κ3) is 5.20. The van der Waals surface area contributed by atoms with Gasteiger partial charge in [-0.3, -0.25) is 0 Å². The molecule has 0 radical (unpaired) electrons. The number of sulfonamides is 2. The van der Waals surface area contributed by atoms with Crippen LogP contribution in [0.1, 0.15) is 25.7 Å². The van der Waals surface area contributed by atoms with Crippen LogP contribution >= 0.6 is 0 Å². The summed E-state index contributed by atoms with van der Waals surface area (Å²) in [4.78, 5) is 0. The Labute approximate surface area is 135 Å². The van der Waals surface area contributed by atoms with Gasteiger partial charge in [-0.15, -0.1) is 0 Å². The second-order valence-corrected chi connectivity index (χ2v) is 9.24. The van der Waals surface area contributed by atoms with Crippen LogP contribution in [0.2, 0.25) is 0 Å². The Morgan fingerprint density at radius 3 is 1.08 bits per heavy atom. The molecule has 1 N–H and O–H groups in total. The highest BCUT2D eigenvalue weighted by Gasteiger charge is 2.55. The Hall–Kier alpha value is -0.600. The number of nitrogens with zero attached hydrogens (tertiary/aromatic N) is 1. The number of rotatable bonds is 2. The number of alkyl halides is 6. The highest BCUT2D eigenvalue weighted by molar-refractivity contribution is 8.05. The van der Waals surface area contributed by atoms with E-state index in [1.807, 2.05) is 0 Å². The van der Waals surface area contributed by atoms with E-state index >= 15 is 0 Å². The first-order valence-corrected chi connectivity index (χ1v) is 9.85. The van der Waals surface area contributed by atoms with Crippen LogP contribution in [0.4, 0.5) is 26.3 Å². The summed E-state index contributed by atoms with van der Waals surface area (Å²) in [7, 11) is -13.2. The molecule has 0 saturated carbocycles. The van der Waals surface area contributed by atoms with Crippen LogP contribution in [0.3, 0.4) is 0 Å². The van der Waals surface area contributed by atoms with E-state index < -0.39 is 35.2 Å². The Morgan fingerprint density at radius 2 is 0.875 bits per heavy atom. The number of hydrogen-bond donors (Lipinski definition) is 1. The van der Waals surface area contributed by atoms with Crippen molar-refractivity contribution in [3.63, 3.8) is 0 Å². The zero-order valence-corrected chi connectivity index (χ0v) is 14.0. The summed E-state index contributed by atoms with van der Waals surface area (Å²) in [6.07, 6.45) is 6.00. The van der Waals surface area contributed by atoms with Gasteiger partial charge in [-0.1, -0.05) is 4.13 Å². The van der Waals surface area contributed by atoms with Gasteiger partial charge in [0.1, 0.15) is 0 Å². The molecule has 0 aromatic rings. The summed E-state index contributed by atoms with van der Waals surface area (Å²) in [6.45, 7) is 6.00.